The summed E-state index contributed by atoms with van der Waals surface area (Å²) in [6.45, 7) is 0.496. The van der Waals surface area contributed by atoms with Crippen LogP contribution in [0.1, 0.15) is 11.1 Å². The molecule has 4 heteroatoms. The van der Waals surface area contributed by atoms with Gasteiger partial charge in [-0.25, -0.2) is 0 Å². The third-order valence-corrected chi connectivity index (χ3v) is 4.51. The summed E-state index contributed by atoms with van der Waals surface area (Å²) in [5.74, 6) is -0.0123. The number of hydrogen-bond donors (Lipinski definition) is 2. The molecule has 4 nitrogen and oxygen atoms in total. The van der Waals surface area contributed by atoms with Crippen molar-refractivity contribution in [2.75, 3.05) is 7.11 Å². The van der Waals surface area contributed by atoms with E-state index in [2.05, 4.69) is 5.32 Å². The van der Waals surface area contributed by atoms with Crippen molar-refractivity contribution >= 4 is 5.97 Å². The number of carboxylic acid groups (broad SMARTS) is 1. The number of nitrogens with one attached hydrogen (secondary N) is 1. The topological polar surface area (TPSA) is 58.6 Å². The number of methoxy groups -OCH3 is 1. The molecule has 2 N–H and O–H groups in total. The summed E-state index contributed by atoms with van der Waals surface area (Å²) in [6.07, 6.45) is 0.454. The lowest BCUT2D eigenvalue weighted by molar-refractivity contribution is -0.139. The van der Waals surface area contributed by atoms with Crippen LogP contribution in [-0.4, -0.2) is 24.2 Å². The van der Waals surface area contributed by atoms with Crippen LogP contribution < -0.4 is 10.1 Å². The highest BCUT2D eigenvalue weighted by atomic mass is 16.5. The van der Waals surface area contributed by atoms with E-state index in [4.69, 9.17) is 4.74 Å². The molecule has 0 radical (unpaired) electrons. The van der Waals surface area contributed by atoms with Gasteiger partial charge in [0.1, 0.15) is 11.8 Å². The number of hydrogen-bond acceptors (Lipinski definition) is 3. The van der Waals surface area contributed by atoms with E-state index in [9.17, 15) is 9.90 Å². The molecule has 0 spiro atoms. The minimum atomic E-state index is -0.843. The zero-order valence-corrected chi connectivity index (χ0v) is 15.3. The number of carboxylic acids is 1. The molecular formula is C23H23NO3. The molecule has 27 heavy (non-hydrogen) atoms. The third-order valence-electron chi connectivity index (χ3n) is 4.51. The van der Waals surface area contributed by atoms with E-state index in [1.807, 2.05) is 78.9 Å². The largest absolute Gasteiger partial charge is 0.496 e. The summed E-state index contributed by atoms with van der Waals surface area (Å²) in [4.78, 5) is 11.6. The Balaban J connectivity index is 1.66. The van der Waals surface area contributed by atoms with E-state index >= 15 is 0 Å². The molecule has 0 saturated heterocycles. The van der Waals surface area contributed by atoms with Crippen molar-refractivity contribution in [2.45, 2.75) is 19.0 Å². The van der Waals surface area contributed by atoms with Gasteiger partial charge in [0.25, 0.3) is 0 Å². The second kappa shape index (κ2) is 9.01. The first-order valence-electron chi connectivity index (χ1n) is 8.90. The van der Waals surface area contributed by atoms with Gasteiger partial charge in [0.15, 0.2) is 0 Å². The molecule has 0 aliphatic carbocycles. The normalized spacial score (nSPS) is 11.7. The van der Waals surface area contributed by atoms with Crippen LogP contribution in [0.2, 0.25) is 0 Å². The van der Waals surface area contributed by atoms with Crippen molar-refractivity contribution in [3.8, 4) is 16.9 Å². The van der Waals surface area contributed by atoms with Crippen molar-refractivity contribution < 1.29 is 14.6 Å². The molecule has 3 aromatic carbocycles. The van der Waals surface area contributed by atoms with Gasteiger partial charge in [0.2, 0.25) is 0 Å². The van der Waals surface area contributed by atoms with Gasteiger partial charge in [-0.15, -0.1) is 0 Å². The molecular weight excluding hydrogens is 338 g/mol. The first kappa shape index (κ1) is 18.7. The summed E-state index contributed by atoms with van der Waals surface area (Å²) >= 11 is 0. The number of aliphatic carboxylic acids is 1. The maximum absolute atomic E-state index is 11.6. The number of ether oxygens (including phenoxy) is 1. The number of para-hydroxylation sites is 1. The Bertz CT molecular complexity index is 876. The molecule has 0 unspecified atom stereocenters. The second-order valence-corrected chi connectivity index (χ2v) is 6.36. The van der Waals surface area contributed by atoms with E-state index in [0.29, 0.717) is 13.0 Å². The molecule has 0 fully saturated rings. The van der Waals surface area contributed by atoms with Crippen molar-refractivity contribution in [1.82, 2.24) is 5.32 Å². The van der Waals surface area contributed by atoms with E-state index in [-0.39, 0.29) is 0 Å². The molecule has 138 valence electrons. The summed E-state index contributed by atoms with van der Waals surface area (Å²) in [6, 6.07) is 25.0. The third kappa shape index (κ3) is 4.96. The van der Waals surface area contributed by atoms with Crippen LogP contribution in [0, 0.1) is 0 Å². The van der Waals surface area contributed by atoms with E-state index in [1.54, 1.807) is 7.11 Å². The Kier molecular flexibility index (Phi) is 6.23. The van der Waals surface area contributed by atoms with Crippen molar-refractivity contribution in [1.29, 1.82) is 0 Å². The highest BCUT2D eigenvalue weighted by Gasteiger charge is 2.17. The number of benzene rings is 3. The Morgan fingerprint density at radius 1 is 0.926 bits per heavy atom. The maximum atomic E-state index is 11.6. The van der Waals surface area contributed by atoms with Crippen LogP contribution in [0.3, 0.4) is 0 Å². The standard InChI is InChI=1S/C23H23NO3/c1-27-22-10-6-5-9-20(22)19-13-11-18(12-14-19)16-24-21(23(25)26)15-17-7-3-2-4-8-17/h2-14,21,24H,15-16H2,1H3,(H,25,26)/t21-/m0/s1. The van der Waals surface area contributed by atoms with Gasteiger partial charge >= 0.3 is 5.97 Å². The van der Waals surface area contributed by atoms with Gasteiger partial charge in [0.05, 0.1) is 7.11 Å². The zero-order valence-electron chi connectivity index (χ0n) is 15.3. The smallest absolute Gasteiger partial charge is 0.321 e. The summed E-state index contributed by atoms with van der Waals surface area (Å²) < 4.78 is 5.41. The number of rotatable bonds is 8. The number of carbonyl (C=O) groups is 1. The zero-order chi connectivity index (χ0) is 19.1. The molecule has 0 bridgehead atoms. The first-order valence-corrected chi connectivity index (χ1v) is 8.90. The van der Waals surface area contributed by atoms with Gasteiger partial charge in [-0.3, -0.25) is 4.79 Å². The van der Waals surface area contributed by atoms with Crippen LogP contribution in [-0.2, 0) is 17.8 Å². The Morgan fingerprint density at radius 2 is 1.59 bits per heavy atom. The van der Waals surface area contributed by atoms with Gasteiger partial charge in [0, 0.05) is 12.1 Å². The van der Waals surface area contributed by atoms with Crippen LogP contribution in [0.4, 0.5) is 0 Å². The predicted molar refractivity (Wildman–Crippen MR) is 107 cm³/mol. The van der Waals surface area contributed by atoms with Crippen molar-refractivity contribution in [3.63, 3.8) is 0 Å². The second-order valence-electron chi connectivity index (χ2n) is 6.36. The molecule has 3 rings (SSSR count). The van der Waals surface area contributed by atoms with Crippen molar-refractivity contribution in [2.24, 2.45) is 0 Å². The van der Waals surface area contributed by atoms with E-state index in [1.165, 1.54) is 0 Å². The average molecular weight is 361 g/mol. The molecule has 3 aromatic rings. The van der Waals surface area contributed by atoms with Crippen LogP contribution in [0.25, 0.3) is 11.1 Å². The van der Waals surface area contributed by atoms with Crippen LogP contribution in [0.5, 0.6) is 5.75 Å². The van der Waals surface area contributed by atoms with Gasteiger partial charge in [-0.1, -0.05) is 72.8 Å². The minimum absolute atomic E-state index is 0.454. The monoisotopic (exact) mass is 361 g/mol. The van der Waals surface area contributed by atoms with Crippen molar-refractivity contribution in [3.05, 3.63) is 90.0 Å². The molecule has 0 amide bonds. The molecule has 0 aromatic heterocycles. The minimum Gasteiger partial charge on any atom is -0.496 e. The SMILES string of the molecule is COc1ccccc1-c1ccc(CN[C@@H](Cc2ccccc2)C(=O)O)cc1. The fourth-order valence-corrected chi connectivity index (χ4v) is 3.02. The van der Waals surface area contributed by atoms with E-state index < -0.39 is 12.0 Å². The Labute approximate surface area is 159 Å². The average Bonchev–Trinajstić information content (AvgIpc) is 2.72. The Hall–Kier alpha value is -3.11. The predicted octanol–water partition coefficient (Wildman–Crippen LogP) is 4.15. The molecule has 1 atom stereocenters. The first-order chi connectivity index (χ1) is 13.2. The maximum Gasteiger partial charge on any atom is 0.321 e. The lowest BCUT2D eigenvalue weighted by Gasteiger charge is -2.15. The lowest BCUT2D eigenvalue weighted by atomic mass is 10.0. The molecule has 0 aliphatic rings. The van der Waals surface area contributed by atoms with Crippen LogP contribution in [0.15, 0.2) is 78.9 Å². The highest BCUT2D eigenvalue weighted by molar-refractivity contribution is 5.74. The fraction of sp³-hybridized carbons (Fsp3) is 0.174. The summed E-state index contributed by atoms with van der Waals surface area (Å²) in [5.41, 5.74) is 4.14. The van der Waals surface area contributed by atoms with Crippen LogP contribution >= 0.6 is 0 Å². The van der Waals surface area contributed by atoms with Gasteiger partial charge in [-0.2, -0.15) is 0 Å². The summed E-state index contributed by atoms with van der Waals surface area (Å²) in [7, 11) is 1.66. The van der Waals surface area contributed by atoms with Gasteiger partial charge in [-0.05, 0) is 29.2 Å². The fourth-order valence-electron chi connectivity index (χ4n) is 3.02. The quantitative estimate of drug-likeness (QED) is 0.633. The summed E-state index contributed by atoms with van der Waals surface area (Å²) in [5, 5.41) is 12.6. The highest BCUT2D eigenvalue weighted by Crippen LogP contribution is 2.29. The molecule has 0 heterocycles. The molecule has 0 saturated carbocycles. The Morgan fingerprint density at radius 3 is 2.26 bits per heavy atom. The van der Waals surface area contributed by atoms with Gasteiger partial charge < -0.3 is 15.2 Å². The van der Waals surface area contributed by atoms with E-state index in [0.717, 1.165) is 28.0 Å². The lowest BCUT2D eigenvalue weighted by Crippen LogP contribution is -2.38. The molecule has 0 aliphatic heterocycles.